The van der Waals surface area contributed by atoms with Crippen LogP contribution in [0.4, 0.5) is 0 Å². The molecule has 1 heterocycles. The van der Waals surface area contributed by atoms with E-state index >= 15 is 0 Å². The minimum Gasteiger partial charge on any atom is -0.466 e. The average Bonchev–Trinajstić information content (AvgIpc) is 2.26. The smallest absolute Gasteiger partial charge is 0.104 e. The molecule has 1 atom stereocenters. The van der Waals surface area contributed by atoms with Crippen LogP contribution in [0.15, 0.2) is 10.5 Å². The number of hydrogen-bond acceptors (Lipinski definition) is 2. The fourth-order valence-corrected chi connectivity index (χ4v) is 1.30. The van der Waals surface area contributed by atoms with E-state index in [4.69, 9.17) is 9.52 Å². The summed E-state index contributed by atoms with van der Waals surface area (Å²) in [5.41, 5.74) is 1.22. The van der Waals surface area contributed by atoms with Gasteiger partial charge in [-0.3, -0.25) is 0 Å². The molecule has 0 aromatic carbocycles. The average molecular weight is 168 g/mol. The van der Waals surface area contributed by atoms with Crippen LogP contribution in [0.5, 0.6) is 0 Å². The molecule has 0 aliphatic carbocycles. The van der Waals surface area contributed by atoms with Crippen LogP contribution in [0.2, 0.25) is 0 Å². The minimum absolute atomic E-state index is 0.223. The Labute approximate surface area is 73.2 Å². The Balaban J connectivity index is 2.57. The maximum atomic E-state index is 9.08. The van der Waals surface area contributed by atoms with Crippen molar-refractivity contribution in [2.45, 2.75) is 39.7 Å². The Hall–Kier alpha value is -0.760. The first-order chi connectivity index (χ1) is 5.59. The van der Waals surface area contributed by atoms with Gasteiger partial charge in [-0.15, -0.1) is 0 Å². The van der Waals surface area contributed by atoms with Gasteiger partial charge < -0.3 is 9.52 Å². The molecule has 1 rings (SSSR count). The first kappa shape index (κ1) is 9.33. The Morgan fingerprint density at radius 2 is 2.17 bits per heavy atom. The van der Waals surface area contributed by atoms with Crippen LogP contribution in [-0.2, 0) is 6.42 Å². The lowest BCUT2D eigenvalue weighted by Gasteiger charge is -2.01. The van der Waals surface area contributed by atoms with Crippen LogP contribution >= 0.6 is 0 Å². The molecule has 0 radical (unpaired) electrons. The van der Waals surface area contributed by atoms with Crippen LogP contribution in [0.25, 0.3) is 0 Å². The van der Waals surface area contributed by atoms with Gasteiger partial charge in [-0.05, 0) is 45.2 Å². The molecule has 0 amide bonds. The van der Waals surface area contributed by atoms with Crippen molar-refractivity contribution >= 4 is 0 Å². The van der Waals surface area contributed by atoms with E-state index in [1.54, 1.807) is 0 Å². The zero-order valence-electron chi connectivity index (χ0n) is 7.92. The first-order valence-electron chi connectivity index (χ1n) is 4.33. The summed E-state index contributed by atoms with van der Waals surface area (Å²) >= 11 is 0. The molecule has 2 heteroatoms. The molecule has 0 spiro atoms. The lowest BCUT2D eigenvalue weighted by Crippen LogP contribution is -2.01. The molecule has 68 valence electrons. The van der Waals surface area contributed by atoms with Gasteiger partial charge in [0.2, 0.25) is 0 Å². The minimum atomic E-state index is -0.223. The van der Waals surface area contributed by atoms with E-state index in [1.165, 1.54) is 5.56 Å². The van der Waals surface area contributed by atoms with Crippen molar-refractivity contribution in [2.75, 3.05) is 0 Å². The third-order valence-electron chi connectivity index (χ3n) is 1.98. The van der Waals surface area contributed by atoms with Gasteiger partial charge in [-0.1, -0.05) is 0 Å². The number of aliphatic hydroxyl groups is 1. The lowest BCUT2D eigenvalue weighted by molar-refractivity contribution is 0.185. The van der Waals surface area contributed by atoms with Gasteiger partial charge in [0.1, 0.15) is 11.5 Å². The molecule has 0 aliphatic heterocycles. The molecule has 0 aliphatic rings. The summed E-state index contributed by atoms with van der Waals surface area (Å²) < 4.78 is 5.37. The largest absolute Gasteiger partial charge is 0.466 e. The van der Waals surface area contributed by atoms with E-state index in [-0.39, 0.29) is 6.10 Å². The number of rotatable bonds is 3. The van der Waals surface area contributed by atoms with E-state index in [0.29, 0.717) is 0 Å². The fraction of sp³-hybridized carbons (Fsp3) is 0.600. The van der Waals surface area contributed by atoms with Gasteiger partial charge in [-0.25, -0.2) is 0 Å². The molecular formula is C10H16O2. The fourth-order valence-electron chi connectivity index (χ4n) is 1.30. The summed E-state index contributed by atoms with van der Waals surface area (Å²) in [5.74, 6) is 1.93. The zero-order valence-corrected chi connectivity index (χ0v) is 7.92. The maximum Gasteiger partial charge on any atom is 0.104 e. The molecule has 0 saturated carbocycles. The molecule has 0 saturated heterocycles. The summed E-state index contributed by atoms with van der Waals surface area (Å²) in [5, 5.41) is 9.08. The molecule has 1 aromatic heterocycles. The standard InChI is InChI=1S/C10H16O2/c1-7(11)4-5-10-6-8(2)12-9(10)3/h6-7,11H,4-5H2,1-3H3. The Kier molecular flexibility index (Phi) is 2.93. The highest BCUT2D eigenvalue weighted by Crippen LogP contribution is 2.15. The summed E-state index contributed by atoms with van der Waals surface area (Å²) in [6.45, 7) is 5.71. The van der Waals surface area contributed by atoms with E-state index < -0.39 is 0 Å². The molecule has 12 heavy (non-hydrogen) atoms. The van der Waals surface area contributed by atoms with Crippen molar-refractivity contribution in [1.82, 2.24) is 0 Å². The highest BCUT2D eigenvalue weighted by molar-refractivity contribution is 5.20. The third-order valence-corrected chi connectivity index (χ3v) is 1.98. The third kappa shape index (κ3) is 2.38. The molecule has 1 aromatic rings. The molecule has 2 nitrogen and oxygen atoms in total. The predicted molar refractivity (Wildman–Crippen MR) is 48.2 cm³/mol. The summed E-state index contributed by atoms with van der Waals surface area (Å²) in [7, 11) is 0. The van der Waals surface area contributed by atoms with Gasteiger partial charge in [0.25, 0.3) is 0 Å². The van der Waals surface area contributed by atoms with E-state index in [2.05, 4.69) is 0 Å². The number of furan rings is 1. The van der Waals surface area contributed by atoms with E-state index in [1.807, 2.05) is 26.8 Å². The SMILES string of the molecule is Cc1cc(CCC(C)O)c(C)o1. The quantitative estimate of drug-likeness (QED) is 0.750. The van der Waals surface area contributed by atoms with Crippen molar-refractivity contribution in [3.05, 3.63) is 23.2 Å². The maximum absolute atomic E-state index is 9.08. The van der Waals surface area contributed by atoms with Crippen molar-refractivity contribution < 1.29 is 9.52 Å². The van der Waals surface area contributed by atoms with Crippen molar-refractivity contribution in [2.24, 2.45) is 0 Å². The monoisotopic (exact) mass is 168 g/mol. The molecule has 0 bridgehead atoms. The van der Waals surface area contributed by atoms with E-state index in [0.717, 1.165) is 24.4 Å². The van der Waals surface area contributed by atoms with Crippen LogP contribution in [0.1, 0.15) is 30.4 Å². The van der Waals surface area contributed by atoms with Gasteiger partial charge in [0.05, 0.1) is 6.10 Å². The van der Waals surface area contributed by atoms with Crippen LogP contribution in [0, 0.1) is 13.8 Å². The molecular weight excluding hydrogens is 152 g/mol. The second-order valence-corrected chi connectivity index (χ2v) is 3.33. The van der Waals surface area contributed by atoms with Gasteiger partial charge >= 0.3 is 0 Å². The van der Waals surface area contributed by atoms with Crippen LogP contribution in [-0.4, -0.2) is 11.2 Å². The summed E-state index contributed by atoms with van der Waals surface area (Å²) in [6, 6.07) is 2.04. The Morgan fingerprint density at radius 3 is 2.58 bits per heavy atom. The second kappa shape index (κ2) is 3.76. The first-order valence-corrected chi connectivity index (χ1v) is 4.33. The number of aliphatic hydroxyl groups excluding tert-OH is 1. The highest BCUT2D eigenvalue weighted by Gasteiger charge is 2.05. The molecule has 1 N–H and O–H groups in total. The number of hydrogen-bond donors (Lipinski definition) is 1. The Bertz CT molecular complexity index is 248. The summed E-state index contributed by atoms with van der Waals surface area (Å²) in [6.07, 6.45) is 1.49. The van der Waals surface area contributed by atoms with E-state index in [9.17, 15) is 0 Å². The normalized spacial score (nSPS) is 13.3. The van der Waals surface area contributed by atoms with Crippen LogP contribution < -0.4 is 0 Å². The topological polar surface area (TPSA) is 33.4 Å². The number of aryl methyl sites for hydroxylation is 3. The zero-order chi connectivity index (χ0) is 9.14. The van der Waals surface area contributed by atoms with Crippen molar-refractivity contribution in [1.29, 1.82) is 0 Å². The predicted octanol–water partition coefficient (Wildman–Crippen LogP) is 2.21. The van der Waals surface area contributed by atoms with Crippen molar-refractivity contribution in [3.63, 3.8) is 0 Å². The Morgan fingerprint density at radius 1 is 1.50 bits per heavy atom. The molecule has 1 unspecified atom stereocenters. The van der Waals surface area contributed by atoms with Gasteiger partial charge in [0, 0.05) is 0 Å². The lowest BCUT2D eigenvalue weighted by atomic mass is 10.1. The van der Waals surface area contributed by atoms with Crippen LogP contribution in [0.3, 0.4) is 0 Å². The van der Waals surface area contributed by atoms with Crippen molar-refractivity contribution in [3.8, 4) is 0 Å². The van der Waals surface area contributed by atoms with Gasteiger partial charge in [0.15, 0.2) is 0 Å². The summed E-state index contributed by atoms with van der Waals surface area (Å²) in [4.78, 5) is 0. The second-order valence-electron chi connectivity index (χ2n) is 3.33. The highest BCUT2D eigenvalue weighted by atomic mass is 16.3. The van der Waals surface area contributed by atoms with Gasteiger partial charge in [-0.2, -0.15) is 0 Å². The molecule has 0 fully saturated rings.